The lowest BCUT2D eigenvalue weighted by Crippen LogP contribution is -2.31. The van der Waals surface area contributed by atoms with E-state index in [1.54, 1.807) is 0 Å². The van der Waals surface area contributed by atoms with Crippen LogP contribution >= 0.6 is 0 Å². The van der Waals surface area contributed by atoms with Crippen molar-refractivity contribution in [3.8, 4) is 0 Å². The molecule has 1 rings (SSSR count). The van der Waals surface area contributed by atoms with Crippen molar-refractivity contribution in [2.45, 2.75) is 215 Å². The molecule has 7 nitrogen and oxygen atoms in total. The monoisotopic (exact) mass is 766 g/mol. The van der Waals surface area contributed by atoms with E-state index in [0.29, 0.717) is 44.5 Å². The summed E-state index contributed by atoms with van der Waals surface area (Å²) in [7, 11) is 4.22. The Morgan fingerprint density at radius 1 is 0.593 bits per heavy atom. The van der Waals surface area contributed by atoms with Crippen molar-refractivity contribution in [1.82, 2.24) is 4.90 Å². The molecule has 0 aromatic heterocycles. The van der Waals surface area contributed by atoms with Gasteiger partial charge in [0.2, 0.25) is 0 Å². The van der Waals surface area contributed by atoms with E-state index in [1.807, 2.05) is 0 Å². The van der Waals surface area contributed by atoms with Crippen molar-refractivity contribution in [2.75, 3.05) is 40.5 Å². The van der Waals surface area contributed by atoms with E-state index in [4.69, 9.17) is 18.9 Å². The normalized spacial score (nSPS) is 18.8. The summed E-state index contributed by atoms with van der Waals surface area (Å²) in [5, 5.41) is 0. The van der Waals surface area contributed by atoms with Crippen LogP contribution in [0.3, 0.4) is 0 Å². The lowest BCUT2D eigenvalue weighted by Gasteiger charge is -2.29. The fourth-order valence-corrected chi connectivity index (χ4v) is 7.86. The first-order chi connectivity index (χ1) is 25.7. The number of esters is 2. The molecule has 54 heavy (non-hydrogen) atoms. The van der Waals surface area contributed by atoms with Crippen LogP contribution in [-0.4, -0.2) is 69.2 Å². The number of nitrogens with zero attached hydrogens (tertiary/aromatic N) is 1. The molecule has 0 amide bonds. The number of unbranched alkanes of at least 4 members (excludes halogenated alkanes) is 8. The second-order valence-electron chi connectivity index (χ2n) is 18.8. The van der Waals surface area contributed by atoms with Gasteiger partial charge in [-0.05, 0) is 120 Å². The van der Waals surface area contributed by atoms with Gasteiger partial charge in [-0.3, -0.25) is 9.59 Å². The Labute approximate surface area is 335 Å². The van der Waals surface area contributed by atoms with Gasteiger partial charge in [0.05, 0.1) is 25.9 Å². The van der Waals surface area contributed by atoms with Crippen LogP contribution < -0.4 is 0 Å². The maximum absolute atomic E-state index is 12.3. The van der Waals surface area contributed by atoms with Gasteiger partial charge in [-0.2, -0.15) is 0 Å². The summed E-state index contributed by atoms with van der Waals surface area (Å²) in [6.45, 7) is 21.3. The van der Waals surface area contributed by atoms with Crippen molar-refractivity contribution in [1.29, 1.82) is 0 Å². The summed E-state index contributed by atoms with van der Waals surface area (Å²) >= 11 is 0. The average Bonchev–Trinajstić information content (AvgIpc) is 3.51. The summed E-state index contributed by atoms with van der Waals surface area (Å²) in [5.74, 6) is 3.80. The first-order valence-electron chi connectivity index (χ1n) is 23.0. The summed E-state index contributed by atoms with van der Waals surface area (Å²) in [4.78, 5) is 26.8. The molecular formula is C47H91NO6. The van der Waals surface area contributed by atoms with Gasteiger partial charge in [0, 0.05) is 32.2 Å². The number of rotatable bonds is 35. The minimum absolute atomic E-state index is 0.0354. The second kappa shape index (κ2) is 30.9. The lowest BCUT2D eigenvalue weighted by molar-refractivity contribution is -0.180. The van der Waals surface area contributed by atoms with Crippen molar-refractivity contribution >= 4 is 11.9 Å². The van der Waals surface area contributed by atoms with E-state index in [0.717, 1.165) is 139 Å². The van der Waals surface area contributed by atoms with Gasteiger partial charge < -0.3 is 23.8 Å². The Morgan fingerprint density at radius 2 is 1.02 bits per heavy atom. The predicted molar refractivity (Wildman–Crippen MR) is 227 cm³/mol. The zero-order valence-electron chi connectivity index (χ0n) is 37.5. The molecule has 0 saturated carbocycles. The largest absolute Gasteiger partial charge is 0.466 e. The van der Waals surface area contributed by atoms with E-state index in [-0.39, 0.29) is 18.0 Å². The van der Waals surface area contributed by atoms with Gasteiger partial charge >= 0.3 is 11.9 Å². The molecule has 0 spiro atoms. The third-order valence-corrected chi connectivity index (χ3v) is 11.8. The smallest absolute Gasteiger partial charge is 0.305 e. The minimum atomic E-state index is -0.461. The fraction of sp³-hybridized carbons (Fsp3) is 0.957. The van der Waals surface area contributed by atoms with Gasteiger partial charge in [0.15, 0.2) is 5.79 Å². The highest BCUT2D eigenvalue weighted by atomic mass is 16.7. The van der Waals surface area contributed by atoms with Gasteiger partial charge in [0.1, 0.15) is 0 Å². The SMILES string of the molecule is CC(C)CCC(CCCOC(=O)CCCCCCCC1(CCCCCCCC(=O)OCCCC(CCC(C)C)C(C)C)OCC(CCN(C)C)O1)C(C)C. The van der Waals surface area contributed by atoms with Crippen molar-refractivity contribution in [2.24, 2.45) is 35.5 Å². The van der Waals surface area contributed by atoms with Gasteiger partial charge in [-0.25, -0.2) is 0 Å². The molecule has 7 heteroatoms. The number of ether oxygens (including phenoxy) is 4. The summed E-state index contributed by atoms with van der Waals surface area (Å²) < 4.78 is 24.2. The van der Waals surface area contributed by atoms with Crippen LogP contribution in [0.25, 0.3) is 0 Å². The minimum Gasteiger partial charge on any atom is -0.466 e. The van der Waals surface area contributed by atoms with Crippen molar-refractivity contribution in [3.63, 3.8) is 0 Å². The molecule has 1 fully saturated rings. The number of carbonyl (C=O) groups excluding carboxylic acids is 2. The standard InChI is InChI=1S/C47H91NO6/c1-38(2)27-29-42(40(5)6)23-21-35-51-45(49)25-17-13-11-15-19-32-47(53-37-44(54-47)31-34-48(9)10)33-20-16-12-14-18-26-46(50)52-36-22-24-43(41(7)8)30-28-39(3)4/h38-44H,11-37H2,1-10H3. The third-order valence-electron chi connectivity index (χ3n) is 11.8. The van der Waals surface area contributed by atoms with Gasteiger partial charge in [0.25, 0.3) is 0 Å². The van der Waals surface area contributed by atoms with Crippen LogP contribution in [-0.2, 0) is 28.5 Å². The molecule has 3 atom stereocenters. The van der Waals surface area contributed by atoms with E-state index in [2.05, 4.69) is 74.4 Å². The van der Waals surface area contributed by atoms with E-state index >= 15 is 0 Å². The van der Waals surface area contributed by atoms with Crippen molar-refractivity contribution < 1.29 is 28.5 Å². The summed E-state index contributed by atoms with van der Waals surface area (Å²) in [5.41, 5.74) is 0. The Kier molecular flexibility index (Phi) is 29.1. The molecule has 320 valence electrons. The molecule has 0 N–H and O–H groups in total. The Balaban J connectivity index is 2.27. The van der Waals surface area contributed by atoms with Gasteiger partial charge in [-0.1, -0.05) is 107 Å². The number of hydrogen-bond donors (Lipinski definition) is 0. The first kappa shape index (κ1) is 50.8. The molecule has 0 aromatic rings. The highest BCUT2D eigenvalue weighted by Crippen LogP contribution is 2.36. The molecule has 0 aromatic carbocycles. The van der Waals surface area contributed by atoms with E-state index in [9.17, 15) is 9.59 Å². The number of hydrogen-bond acceptors (Lipinski definition) is 7. The molecule has 1 aliphatic heterocycles. The first-order valence-corrected chi connectivity index (χ1v) is 23.0. The fourth-order valence-electron chi connectivity index (χ4n) is 7.86. The Bertz CT molecular complexity index is 860. The van der Waals surface area contributed by atoms with Crippen molar-refractivity contribution in [3.05, 3.63) is 0 Å². The Morgan fingerprint density at radius 3 is 1.43 bits per heavy atom. The quantitative estimate of drug-likeness (QED) is 0.0470. The van der Waals surface area contributed by atoms with E-state index in [1.165, 1.54) is 25.7 Å². The molecule has 0 bridgehead atoms. The summed E-state index contributed by atoms with van der Waals surface area (Å²) in [6.07, 6.45) is 24.1. The third kappa shape index (κ3) is 26.6. The Hall–Kier alpha value is -1.18. The lowest BCUT2D eigenvalue weighted by atomic mass is 9.85. The molecule has 0 aliphatic carbocycles. The topological polar surface area (TPSA) is 74.3 Å². The molecule has 1 saturated heterocycles. The second-order valence-corrected chi connectivity index (χ2v) is 18.8. The maximum Gasteiger partial charge on any atom is 0.305 e. The average molecular weight is 766 g/mol. The van der Waals surface area contributed by atoms with E-state index < -0.39 is 5.79 Å². The van der Waals surface area contributed by atoms with Gasteiger partial charge in [-0.15, -0.1) is 0 Å². The molecule has 3 unspecified atom stereocenters. The van der Waals surface area contributed by atoms with Crippen LogP contribution in [0.5, 0.6) is 0 Å². The predicted octanol–water partition coefficient (Wildman–Crippen LogP) is 12.6. The summed E-state index contributed by atoms with van der Waals surface area (Å²) in [6, 6.07) is 0. The van der Waals surface area contributed by atoms with Crippen LogP contribution in [0.1, 0.15) is 203 Å². The number of carbonyl (C=O) groups is 2. The molecule has 1 aliphatic rings. The zero-order chi connectivity index (χ0) is 40.2. The molecule has 1 heterocycles. The zero-order valence-corrected chi connectivity index (χ0v) is 37.5. The molecule has 0 radical (unpaired) electrons. The highest BCUT2D eigenvalue weighted by Gasteiger charge is 2.40. The van der Waals surface area contributed by atoms with Crippen LogP contribution in [0.2, 0.25) is 0 Å². The van der Waals surface area contributed by atoms with Crippen LogP contribution in [0.15, 0.2) is 0 Å². The molecular weight excluding hydrogens is 675 g/mol. The van der Waals surface area contributed by atoms with Crippen LogP contribution in [0, 0.1) is 35.5 Å². The highest BCUT2D eigenvalue weighted by molar-refractivity contribution is 5.69. The van der Waals surface area contributed by atoms with Crippen LogP contribution in [0.4, 0.5) is 0 Å². The maximum atomic E-state index is 12.3.